The lowest BCUT2D eigenvalue weighted by Gasteiger charge is -2.10. The third kappa shape index (κ3) is 4.88. The highest BCUT2D eigenvalue weighted by atomic mass is 16.6. The Hall–Kier alpha value is -4.44. The van der Waals surface area contributed by atoms with Gasteiger partial charge in [0.1, 0.15) is 12.4 Å². The number of carboxylic acids is 1. The summed E-state index contributed by atoms with van der Waals surface area (Å²) in [6.07, 6.45) is 1.64. The molecule has 0 aliphatic heterocycles. The summed E-state index contributed by atoms with van der Waals surface area (Å²) < 4.78 is 5.83. The molecule has 0 aliphatic rings. The van der Waals surface area contributed by atoms with Crippen molar-refractivity contribution in [1.29, 1.82) is 5.26 Å². The minimum Gasteiger partial charge on any atom is -0.545 e. The van der Waals surface area contributed by atoms with Crippen LogP contribution in [0.1, 0.15) is 27.0 Å². The number of hydrogen-bond donors (Lipinski definition) is 0. The second-order valence-electron chi connectivity index (χ2n) is 6.29. The Bertz CT molecular complexity index is 1160. The lowest BCUT2D eigenvalue weighted by molar-refractivity contribution is -0.384. The SMILES string of the molecule is N#C/C(=C/c1ccccc1OCc1cccc([N+](=O)[O-])c1)c1ccc(C(=O)[O-])cc1. The van der Waals surface area contributed by atoms with E-state index in [0.29, 0.717) is 28.0 Å². The zero-order chi connectivity index (χ0) is 21.5. The number of hydrogen-bond acceptors (Lipinski definition) is 6. The van der Waals surface area contributed by atoms with E-state index < -0.39 is 10.9 Å². The Balaban J connectivity index is 1.85. The maximum atomic E-state index is 10.9. The first-order valence-corrected chi connectivity index (χ1v) is 8.86. The van der Waals surface area contributed by atoms with Gasteiger partial charge in [0.05, 0.1) is 22.5 Å². The lowest BCUT2D eigenvalue weighted by atomic mass is 10.0. The maximum absolute atomic E-state index is 10.9. The number of carboxylic acid groups (broad SMARTS) is 1. The highest BCUT2D eigenvalue weighted by molar-refractivity contribution is 5.92. The van der Waals surface area contributed by atoms with Crippen LogP contribution in [0.5, 0.6) is 5.75 Å². The lowest BCUT2D eigenvalue weighted by Crippen LogP contribution is -2.21. The molecular weight excluding hydrogens is 384 g/mol. The molecule has 0 amide bonds. The summed E-state index contributed by atoms with van der Waals surface area (Å²) in [6.45, 7) is 0.120. The van der Waals surface area contributed by atoms with E-state index in [-0.39, 0.29) is 17.9 Å². The van der Waals surface area contributed by atoms with Crippen LogP contribution in [0.4, 0.5) is 5.69 Å². The molecule has 0 aliphatic carbocycles. The Morgan fingerprint density at radius 2 is 1.73 bits per heavy atom. The summed E-state index contributed by atoms with van der Waals surface area (Å²) in [5.74, 6) is -0.785. The number of aromatic carboxylic acids is 1. The average molecular weight is 399 g/mol. The van der Waals surface area contributed by atoms with Gasteiger partial charge in [0, 0.05) is 17.7 Å². The van der Waals surface area contributed by atoms with Gasteiger partial charge in [0.15, 0.2) is 0 Å². The van der Waals surface area contributed by atoms with E-state index in [4.69, 9.17) is 4.74 Å². The van der Waals surface area contributed by atoms with Crippen LogP contribution in [0.3, 0.4) is 0 Å². The molecule has 0 fully saturated rings. The number of nitro benzene ring substituents is 1. The number of ether oxygens (including phenoxy) is 1. The van der Waals surface area contributed by atoms with Crippen molar-refractivity contribution in [2.24, 2.45) is 0 Å². The summed E-state index contributed by atoms with van der Waals surface area (Å²) in [5, 5.41) is 31.4. The predicted octanol–water partition coefficient (Wildman–Crippen LogP) is 3.60. The van der Waals surface area contributed by atoms with Crippen molar-refractivity contribution < 1.29 is 19.6 Å². The molecule has 3 aromatic rings. The van der Waals surface area contributed by atoms with Crippen LogP contribution in [0.25, 0.3) is 11.6 Å². The molecule has 3 aromatic carbocycles. The fourth-order valence-electron chi connectivity index (χ4n) is 2.77. The molecule has 0 aromatic heterocycles. The molecule has 30 heavy (non-hydrogen) atoms. The summed E-state index contributed by atoms with van der Waals surface area (Å²) in [5.41, 5.74) is 2.17. The quantitative estimate of drug-likeness (QED) is 0.259. The Morgan fingerprint density at radius 3 is 2.40 bits per heavy atom. The topological polar surface area (TPSA) is 116 Å². The molecule has 0 spiro atoms. The van der Waals surface area contributed by atoms with Gasteiger partial charge >= 0.3 is 0 Å². The van der Waals surface area contributed by atoms with Crippen LogP contribution < -0.4 is 9.84 Å². The van der Waals surface area contributed by atoms with E-state index in [0.717, 1.165) is 0 Å². The van der Waals surface area contributed by atoms with Crippen molar-refractivity contribution >= 4 is 23.3 Å². The summed E-state index contributed by atoms with van der Waals surface area (Å²) >= 11 is 0. The Kier molecular flexibility index (Phi) is 6.20. The van der Waals surface area contributed by atoms with Crippen molar-refractivity contribution in [2.45, 2.75) is 6.61 Å². The number of nitro groups is 1. The van der Waals surface area contributed by atoms with Crippen LogP contribution in [0.15, 0.2) is 72.8 Å². The molecule has 0 unspecified atom stereocenters. The minimum atomic E-state index is -1.29. The zero-order valence-electron chi connectivity index (χ0n) is 15.6. The van der Waals surface area contributed by atoms with Crippen LogP contribution in [0, 0.1) is 21.4 Å². The molecular formula is C23H15N2O5-. The largest absolute Gasteiger partial charge is 0.545 e. The van der Waals surface area contributed by atoms with Gasteiger partial charge in [-0.05, 0) is 28.8 Å². The first kappa shape index (κ1) is 20.3. The number of nitrogens with zero attached hydrogens (tertiary/aromatic N) is 2. The second kappa shape index (κ2) is 9.17. The van der Waals surface area contributed by atoms with Gasteiger partial charge in [0.25, 0.3) is 5.69 Å². The van der Waals surface area contributed by atoms with E-state index in [9.17, 15) is 25.3 Å². The molecule has 0 heterocycles. The molecule has 3 rings (SSSR count). The number of para-hydroxylation sites is 1. The standard InChI is InChI=1S/C23H16N2O5/c24-14-20(17-8-10-18(11-9-17)23(26)27)13-19-5-1-2-7-22(19)30-15-16-4-3-6-21(12-16)25(28)29/h1-13H,15H2,(H,26,27)/p-1/b20-13-. The van der Waals surface area contributed by atoms with Crippen molar-refractivity contribution in [1.82, 2.24) is 0 Å². The zero-order valence-corrected chi connectivity index (χ0v) is 15.6. The number of allylic oxidation sites excluding steroid dienone is 1. The van der Waals surface area contributed by atoms with Crippen molar-refractivity contribution in [3.8, 4) is 11.8 Å². The number of benzene rings is 3. The number of rotatable bonds is 7. The van der Waals surface area contributed by atoms with Crippen LogP contribution in [-0.4, -0.2) is 10.9 Å². The molecule has 0 saturated heterocycles. The molecule has 148 valence electrons. The molecule has 7 nitrogen and oxygen atoms in total. The maximum Gasteiger partial charge on any atom is 0.269 e. The fourth-order valence-corrected chi connectivity index (χ4v) is 2.77. The van der Waals surface area contributed by atoms with Crippen LogP contribution >= 0.6 is 0 Å². The van der Waals surface area contributed by atoms with Gasteiger partial charge < -0.3 is 14.6 Å². The van der Waals surface area contributed by atoms with E-state index >= 15 is 0 Å². The number of carbonyl (C=O) groups is 1. The van der Waals surface area contributed by atoms with Gasteiger partial charge in [0.2, 0.25) is 0 Å². The monoisotopic (exact) mass is 399 g/mol. The van der Waals surface area contributed by atoms with Crippen LogP contribution in [0.2, 0.25) is 0 Å². The summed E-state index contributed by atoms with van der Waals surface area (Å²) in [7, 11) is 0. The van der Waals surface area contributed by atoms with Crippen LogP contribution in [-0.2, 0) is 6.61 Å². The molecule has 0 atom stereocenters. The molecule has 0 N–H and O–H groups in total. The van der Waals surface area contributed by atoms with Gasteiger partial charge in [-0.3, -0.25) is 10.1 Å². The fraction of sp³-hybridized carbons (Fsp3) is 0.0435. The van der Waals surface area contributed by atoms with E-state index in [1.807, 2.05) is 0 Å². The average Bonchev–Trinajstić information content (AvgIpc) is 2.77. The van der Waals surface area contributed by atoms with Crippen molar-refractivity contribution in [3.05, 3.63) is 105 Å². The number of non-ortho nitro benzene ring substituents is 1. The molecule has 0 radical (unpaired) electrons. The van der Waals surface area contributed by atoms with Gasteiger partial charge in [-0.1, -0.05) is 54.6 Å². The molecule has 0 saturated carbocycles. The second-order valence-corrected chi connectivity index (χ2v) is 6.29. The van der Waals surface area contributed by atoms with E-state index in [2.05, 4.69) is 6.07 Å². The third-order valence-corrected chi connectivity index (χ3v) is 4.29. The number of nitriles is 1. The number of carbonyl (C=O) groups excluding carboxylic acids is 1. The predicted molar refractivity (Wildman–Crippen MR) is 108 cm³/mol. The van der Waals surface area contributed by atoms with Crippen molar-refractivity contribution in [2.75, 3.05) is 0 Å². The van der Waals surface area contributed by atoms with Crippen molar-refractivity contribution in [3.63, 3.8) is 0 Å². The first-order chi connectivity index (χ1) is 14.5. The van der Waals surface area contributed by atoms with Gasteiger partial charge in [-0.15, -0.1) is 0 Å². The highest BCUT2D eigenvalue weighted by Crippen LogP contribution is 2.26. The normalized spacial score (nSPS) is 10.8. The minimum absolute atomic E-state index is 0.0175. The third-order valence-electron chi connectivity index (χ3n) is 4.29. The van der Waals surface area contributed by atoms with Gasteiger partial charge in [-0.2, -0.15) is 5.26 Å². The smallest absolute Gasteiger partial charge is 0.269 e. The Morgan fingerprint density at radius 1 is 1.03 bits per heavy atom. The van der Waals surface area contributed by atoms with E-state index in [1.54, 1.807) is 42.5 Å². The van der Waals surface area contributed by atoms with Gasteiger partial charge in [-0.25, -0.2) is 0 Å². The Labute approximate surface area is 172 Å². The highest BCUT2D eigenvalue weighted by Gasteiger charge is 2.08. The molecule has 0 bridgehead atoms. The summed E-state index contributed by atoms with van der Waals surface area (Å²) in [4.78, 5) is 21.3. The molecule has 7 heteroatoms. The summed E-state index contributed by atoms with van der Waals surface area (Å²) in [6, 6.07) is 21.2. The first-order valence-electron chi connectivity index (χ1n) is 8.86. The van der Waals surface area contributed by atoms with E-state index in [1.165, 1.54) is 36.4 Å².